The molecule has 0 saturated heterocycles. The number of carbonyl (C=O) groups is 1. The number of hydrogen-bond acceptors (Lipinski definition) is 4. The molecule has 26 heavy (non-hydrogen) atoms. The van der Waals surface area contributed by atoms with Gasteiger partial charge < -0.3 is 10.6 Å². The van der Waals surface area contributed by atoms with Gasteiger partial charge in [-0.3, -0.25) is 4.79 Å². The number of amides is 1. The zero-order valence-electron chi connectivity index (χ0n) is 14.6. The summed E-state index contributed by atoms with van der Waals surface area (Å²) >= 11 is 6.04. The molecule has 0 spiro atoms. The van der Waals surface area contributed by atoms with Gasteiger partial charge in [-0.1, -0.05) is 47.5 Å². The van der Waals surface area contributed by atoms with E-state index >= 15 is 0 Å². The Labute approximate surface area is 157 Å². The molecule has 2 N–H and O–H groups in total. The van der Waals surface area contributed by atoms with Crippen LogP contribution in [-0.2, 0) is 6.54 Å². The Bertz CT molecular complexity index is 925. The van der Waals surface area contributed by atoms with Crippen molar-refractivity contribution in [2.45, 2.75) is 20.4 Å². The standard InChI is InChI=1S/C20H19ClN4O/c1-13-3-6-15(7-4-13)11-22-20(26)18-10-19(24-12-23-18)25-17-9-16(21)8-5-14(17)2/h3-10,12H,11H2,1-2H3,(H,22,26)(H,23,24,25). The first-order chi connectivity index (χ1) is 12.5. The summed E-state index contributed by atoms with van der Waals surface area (Å²) < 4.78 is 0. The molecule has 2 aromatic carbocycles. The maximum absolute atomic E-state index is 12.4. The molecule has 1 amide bonds. The van der Waals surface area contributed by atoms with Gasteiger partial charge in [-0.05, 0) is 37.1 Å². The van der Waals surface area contributed by atoms with Crippen molar-refractivity contribution in [2.24, 2.45) is 0 Å². The summed E-state index contributed by atoms with van der Waals surface area (Å²) in [7, 11) is 0. The first-order valence-corrected chi connectivity index (χ1v) is 8.58. The zero-order chi connectivity index (χ0) is 18.5. The Morgan fingerprint density at radius 1 is 1.04 bits per heavy atom. The zero-order valence-corrected chi connectivity index (χ0v) is 15.3. The van der Waals surface area contributed by atoms with Crippen LogP contribution in [0.15, 0.2) is 54.9 Å². The molecule has 0 unspecified atom stereocenters. The van der Waals surface area contributed by atoms with Gasteiger partial charge in [0.05, 0.1) is 0 Å². The average Bonchev–Trinajstić information content (AvgIpc) is 2.64. The minimum atomic E-state index is -0.251. The summed E-state index contributed by atoms with van der Waals surface area (Å²) in [5, 5.41) is 6.67. The number of nitrogens with one attached hydrogen (secondary N) is 2. The van der Waals surface area contributed by atoms with Crippen LogP contribution >= 0.6 is 11.6 Å². The topological polar surface area (TPSA) is 66.9 Å². The van der Waals surface area contributed by atoms with E-state index in [1.54, 1.807) is 6.07 Å². The van der Waals surface area contributed by atoms with Gasteiger partial charge in [0.2, 0.25) is 0 Å². The third kappa shape index (κ3) is 4.58. The number of rotatable bonds is 5. The van der Waals surface area contributed by atoms with Gasteiger partial charge in [0, 0.05) is 23.3 Å². The highest BCUT2D eigenvalue weighted by Crippen LogP contribution is 2.23. The maximum Gasteiger partial charge on any atom is 0.270 e. The lowest BCUT2D eigenvalue weighted by Crippen LogP contribution is -2.24. The molecule has 6 heteroatoms. The first-order valence-electron chi connectivity index (χ1n) is 8.20. The van der Waals surface area contributed by atoms with Crippen molar-refractivity contribution in [1.29, 1.82) is 0 Å². The number of carbonyl (C=O) groups excluding carboxylic acids is 1. The highest BCUT2D eigenvalue weighted by Gasteiger charge is 2.09. The number of aryl methyl sites for hydroxylation is 2. The molecule has 0 aliphatic heterocycles. The van der Waals surface area contributed by atoms with Crippen molar-refractivity contribution in [3.63, 3.8) is 0 Å². The fourth-order valence-corrected chi connectivity index (χ4v) is 2.57. The molecular formula is C20H19ClN4O. The lowest BCUT2D eigenvalue weighted by atomic mass is 10.1. The Morgan fingerprint density at radius 2 is 1.81 bits per heavy atom. The number of nitrogens with zero attached hydrogens (tertiary/aromatic N) is 2. The van der Waals surface area contributed by atoms with Gasteiger partial charge in [0.25, 0.3) is 5.91 Å². The quantitative estimate of drug-likeness (QED) is 0.701. The van der Waals surface area contributed by atoms with E-state index in [2.05, 4.69) is 20.6 Å². The van der Waals surface area contributed by atoms with E-state index in [0.29, 0.717) is 23.1 Å². The van der Waals surface area contributed by atoms with Crippen molar-refractivity contribution < 1.29 is 4.79 Å². The van der Waals surface area contributed by atoms with E-state index in [1.165, 1.54) is 11.9 Å². The minimum Gasteiger partial charge on any atom is -0.347 e. The van der Waals surface area contributed by atoms with Crippen molar-refractivity contribution in [3.8, 4) is 0 Å². The number of anilines is 2. The Hall–Kier alpha value is -2.92. The summed E-state index contributed by atoms with van der Waals surface area (Å²) in [6, 6.07) is 15.2. The van der Waals surface area contributed by atoms with Crippen LogP contribution < -0.4 is 10.6 Å². The van der Waals surface area contributed by atoms with Crippen molar-refractivity contribution in [3.05, 3.63) is 82.3 Å². The summed E-state index contributed by atoms with van der Waals surface area (Å²) in [6.07, 6.45) is 1.36. The molecule has 0 radical (unpaired) electrons. The van der Waals surface area contributed by atoms with E-state index < -0.39 is 0 Å². The van der Waals surface area contributed by atoms with Crippen LogP contribution in [0.3, 0.4) is 0 Å². The van der Waals surface area contributed by atoms with E-state index in [9.17, 15) is 4.79 Å². The second-order valence-electron chi connectivity index (χ2n) is 6.04. The Morgan fingerprint density at radius 3 is 2.58 bits per heavy atom. The summed E-state index contributed by atoms with van der Waals surface area (Å²) in [5.74, 6) is 0.282. The van der Waals surface area contributed by atoms with Gasteiger partial charge in [-0.15, -0.1) is 0 Å². The molecule has 0 aliphatic carbocycles. The molecular weight excluding hydrogens is 348 g/mol. The lowest BCUT2D eigenvalue weighted by molar-refractivity contribution is 0.0946. The molecule has 3 rings (SSSR count). The number of hydrogen-bond donors (Lipinski definition) is 2. The van der Waals surface area contributed by atoms with Crippen LogP contribution in [0.25, 0.3) is 0 Å². The second kappa shape index (κ2) is 7.97. The van der Waals surface area contributed by atoms with Crippen LogP contribution in [0.1, 0.15) is 27.2 Å². The lowest BCUT2D eigenvalue weighted by Gasteiger charge is -2.10. The van der Waals surface area contributed by atoms with Gasteiger partial charge in [0.1, 0.15) is 17.8 Å². The molecule has 0 bridgehead atoms. The van der Waals surface area contributed by atoms with Crippen LogP contribution in [0, 0.1) is 13.8 Å². The van der Waals surface area contributed by atoms with E-state index in [0.717, 1.165) is 16.8 Å². The van der Waals surface area contributed by atoms with Crippen molar-refractivity contribution >= 4 is 29.0 Å². The molecule has 3 aromatic rings. The molecule has 1 heterocycles. The molecule has 0 fully saturated rings. The number of benzene rings is 2. The predicted molar refractivity (Wildman–Crippen MR) is 104 cm³/mol. The molecule has 1 aromatic heterocycles. The van der Waals surface area contributed by atoms with Gasteiger partial charge in [0.15, 0.2) is 0 Å². The first kappa shape index (κ1) is 17.9. The number of halogens is 1. The van der Waals surface area contributed by atoms with Crippen LogP contribution in [0.2, 0.25) is 5.02 Å². The van der Waals surface area contributed by atoms with E-state index in [-0.39, 0.29) is 5.91 Å². The third-order valence-electron chi connectivity index (χ3n) is 3.94. The summed E-state index contributed by atoms with van der Waals surface area (Å²) in [5.41, 5.74) is 4.38. The van der Waals surface area contributed by atoms with Crippen molar-refractivity contribution in [2.75, 3.05) is 5.32 Å². The van der Waals surface area contributed by atoms with Crippen LogP contribution in [0.4, 0.5) is 11.5 Å². The molecule has 132 valence electrons. The monoisotopic (exact) mass is 366 g/mol. The highest BCUT2D eigenvalue weighted by atomic mass is 35.5. The summed E-state index contributed by atoms with van der Waals surface area (Å²) in [4.78, 5) is 20.6. The third-order valence-corrected chi connectivity index (χ3v) is 4.17. The smallest absolute Gasteiger partial charge is 0.270 e. The molecule has 0 atom stereocenters. The second-order valence-corrected chi connectivity index (χ2v) is 6.48. The summed E-state index contributed by atoms with van der Waals surface area (Å²) in [6.45, 7) is 4.44. The predicted octanol–water partition coefficient (Wildman–Crippen LogP) is 4.42. The average molecular weight is 367 g/mol. The minimum absolute atomic E-state index is 0.251. The number of aromatic nitrogens is 2. The normalized spacial score (nSPS) is 10.4. The van der Waals surface area contributed by atoms with E-state index in [1.807, 2.05) is 56.3 Å². The largest absolute Gasteiger partial charge is 0.347 e. The van der Waals surface area contributed by atoms with E-state index in [4.69, 9.17) is 11.6 Å². The van der Waals surface area contributed by atoms with Gasteiger partial charge >= 0.3 is 0 Å². The fourth-order valence-electron chi connectivity index (χ4n) is 2.40. The molecule has 0 aliphatic rings. The van der Waals surface area contributed by atoms with Crippen LogP contribution in [0.5, 0.6) is 0 Å². The maximum atomic E-state index is 12.4. The Balaban J connectivity index is 1.69. The SMILES string of the molecule is Cc1ccc(CNC(=O)c2cc(Nc3cc(Cl)ccc3C)ncn2)cc1. The Kier molecular flexibility index (Phi) is 5.49. The highest BCUT2D eigenvalue weighted by molar-refractivity contribution is 6.30. The fraction of sp³-hybridized carbons (Fsp3) is 0.150. The van der Waals surface area contributed by atoms with Crippen LogP contribution in [-0.4, -0.2) is 15.9 Å². The van der Waals surface area contributed by atoms with Gasteiger partial charge in [-0.2, -0.15) is 0 Å². The van der Waals surface area contributed by atoms with Gasteiger partial charge in [-0.25, -0.2) is 9.97 Å². The molecule has 0 saturated carbocycles. The van der Waals surface area contributed by atoms with Crippen molar-refractivity contribution in [1.82, 2.24) is 15.3 Å². The molecule has 5 nitrogen and oxygen atoms in total.